The van der Waals surface area contributed by atoms with E-state index in [0.717, 1.165) is 0 Å². The van der Waals surface area contributed by atoms with Crippen LogP contribution in [0.15, 0.2) is 0 Å². The molecule has 0 saturated heterocycles. The summed E-state index contributed by atoms with van der Waals surface area (Å²) >= 11 is 0. The molecule has 29 heavy (non-hydrogen) atoms. The van der Waals surface area contributed by atoms with Gasteiger partial charge in [0.2, 0.25) is 0 Å². The van der Waals surface area contributed by atoms with Gasteiger partial charge >= 0.3 is 18.3 Å². The largest absolute Gasteiger partial charge is 0.462 e. The van der Waals surface area contributed by atoms with Gasteiger partial charge in [-0.2, -0.15) is 26.3 Å². The number of esters is 1. The molecule has 0 radical (unpaired) electrons. The SMILES string of the molecule is CC(C)(C)CC(C(=O)OC1CCC(C(O)(C(F)(F)F)C(F)(F)F)CC1)C(C)(C)C. The van der Waals surface area contributed by atoms with Crippen molar-refractivity contribution in [2.24, 2.45) is 22.7 Å². The zero-order valence-electron chi connectivity index (χ0n) is 17.8. The fourth-order valence-corrected chi connectivity index (χ4v) is 3.82. The lowest BCUT2D eigenvalue weighted by atomic mass is 9.72. The maximum Gasteiger partial charge on any atom is 0.426 e. The van der Waals surface area contributed by atoms with Crippen LogP contribution >= 0.6 is 0 Å². The van der Waals surface area contributed by atoms with Crippen molar-refractivity contribution in [3.05, 3.63) is 0 Å². The van der Waals surface area contributed by atoms with Crippen LogP contribution in [0.1, 0.15) is 73.6 Å². The minimum atomic E-state index is -5.83. The Bertz CT molecular complexity index is 547. The Morgan fingerprint density at radius 3 is 1.62 bits per heavy atom. The lowest BCUT2D eigenvalue weighted by molar-refractivity contribution is -0.387. The van der Waals surface area contributed by atoms with Crippen molar-refractivity contribution in [2.45, 2.75) is 97.7 Å². The summed E-state index contributed by atoms with van der Waals surface area (Å²) < 4.78 is 83.7. The number of hydrogen-bond acceptors (Lipinski definition) is 3. The van der Waals surface area contributed by atoms with E-state index in [-0.39, 0.29) is 18.3 Å². The first-order valence-corrected chi connectivity index (χ1v) is 9.76. The molecule has 1 aliphatic carbocycles. The van der Waals surface area contributed by atoms with Crippen molar-refractivity contribution in [3.8, 4) is 0 Å². The molecule has 172 valence electrons. The number of rotatable bonds is 4. The average Bonchev–Trinajstić information content (AvgIpc) is 2.48. The molecule has 0 aromatic carbocycles. The van der Waals surface area contributed by atoms with E-state index in [4.69, 9.17) is 4.74 Å². The van der Waals surface area contributed by atoms with Gasteiger partial charge in [-0.05, 0) is 42.9 Å². The Hall–Kier alpha value is -0.990. The summed E-state index contributed by atoms with van der Waals surface area (Å²) in [6.07, 6.45) is -13.3. The molecule has 1 fully saturated rings. The molecule has 0 aromatic heterocycles. The lowest BCUT2D eigenvalue weighted by Crippen LogP contribution is -2.62. The number of carbonyl (C=O) groups is 1. The Morgan fingerprint density at radius 2 is 1.31 bits per heavy atom. The summed E-state index contributed by atoms with van der Waals surface area (Å²) in [5.74, 6) is -2.97. The van der Waals surface area contributed by atoms with Crippen LogP contribution in [0, 0.1) is 22.7 Å². The third-order valence-electron chi connectivity index (χ3n) is 5.56. The Morgan fingerprint density at radius 1 is 0.897 bits per heavy atom. The number of alkyl halides is 6. The molecule has 9 heteroatoms. The van der Waals surface area contributed by atoms with Gasteiger partial charge in [0.05, 0.1) is 5.92 Å². The van der Waals surface area contributed by atoms with Crippen LogP contribution < -0.4 is 0 Å². The quantitative estimate of drug-likeness (QED) is 0.433. The van der Waals surface area contributed by atoms with Gasteiger partial charge in [-0.15, -0.1) is 0 Å². The second kappa shape index (κ2) is 8.27. The molecule has 1 N–H and O–H groups in total. The summed E-state index contributed by atoms with van der Waals surface area (Å²) in [6, 6.07) is 0. The number of halogens is 6. The van der Waals surface area contributed by atoms with Gasteiger partial charge in [-0.25, -0.2) is 0 Å². The molecule has 1 saturated carbocycles. The first kappa shape index (κ1) is 26.0. The average molecular weight is 434 g/mol. The molecule has 0 amide bonds. The second-order valence-corrected chi connectivity index (χ2v) is 10.4. The van der Waals surface area contributed by atoms with Crippen molar-refractivity contribution in [2.75, 3.05) is 0 Å². The highest BCUT2D eigenvalue weighted by atomic mass is 19.4. The van der Waals surface area contributed by atoms with Crippen LogP contribution in [-0.2, 0) is 9.53 Å². The van der Waals surface area contributed by atoms with Gasteiger partial charge in [0.15, 0.2) is 0 Å². The third-order valence-corrected chi connectivity index (χ3v) is 5.56. The minimum absolute atomic E-state index is 0.155. The maximum absolute atomic E-state index is 13.0. The van der Waals surface area contributed by atoms with Crippen LogP contribution in [0.5, 0.6) is 0 Å². The molecule has 3 nitrogen and oxygen atoms in total. The van der Waals surface area contributed by atoms with Crippen molar-refractivity contribution in [1.29, 1.82) is 0 Å². The van der Waals surface area contributed by atoms with Crippen LogP contribution in [0.2, 0.25) is 0 Å². The first-order chi connectivity index (χ1) is 12.7. The predicted octanol–water partition coefficient (Wildman–Crippen LogP) is 6.04. The highest BCUT2D eigenvalue weighted by Gasteiger charge is 2.73. The second-order valence-electron chi connectivity index (χ2n) is 10.4. The monoisotopic (exact) mass is 434 g/mol. The highest BCUT2D eigenvalue weighted by molar-refractivity contribution is 5.73. The van der Waals surface area contributed by atoms with Crippen LogP contribution in [0.25, 0.3) is 0 Å². The Labute approximate surface area is 168 Å². The summed E-state index contributed by atoms with van der Waals surface area (Å²) in [7, 11) is 0. The molecule has 1 atom stereocenters. The van der Waals surface area contributed by atoms with Gasteiger partial charge in [-0.3, -0.25) is 4.79 Å². The molecular formula is C20H32F6O3. The topological polar surface area (TPSA) is 46.5 Å². The smallest absolute Gasteiger partial charge is 0.426 e. The van der Waals surface area contributed by atoms with Crippen molar-refractivity contribution >= 4 is 5.97 Å². The van der Waals surface area contributed by atoms with Gasteiger partial charge in [-0.1, -0.05) is 41.5 Å². The maximum atomic E-state index is 13.0. The Kier molecular flexibility index (Phi) is 7.43. The van der Waals surface area contributed by atoms with E-state index in [0.29, 0.717) is 6.42 Å². The molecule has 0 heterocycles. The van der Waals surface area contributed by atoms with Crippen LogP contribution in [0.4, 0.5) is 26.3 Å². The van der Waals surface area contributed by atoms with Gasteiger partial charge < -0.3 is 9.84 Å². The van der Waals surface area contributed by atoms with Crippen LogP contribution in [0.3, 0.4) is 0 Å². The molecular weight excluding hydrogens is 402 g/mol. The molecule has 1 aliphatic rings. The van der Waals surface area contributed by atoms with Crippen molar-refractivity contribution in [3.63, 3.8) is 0 Å². The van der Waals surface area contributed by atoms with E-state index in [9.17, 15) is 36.2 Å². The zero-order chi connectivity index (χ0) is 23.1. The summed E-state index contributed by atoms with van der Waals surface area (Å²) in [6.45, 7) is 11.6. The number of ether oxygens (including phenoxy) is 1. The minimum Gasteiger partial charge on any atom is -0.462 e. The third kappa shape index (κ3) is 6.25. The van der Waals surface area contributed by atoms with Gasteiger partial charge in [0.25, 0.3) is 5.60 Å². The summed E-state index contributed by atoms with van der Waals surface area (Å²) in [4.78, 5) is 12.7. The van der Waals surface area contributed by atoms with Crippen LogP contribution in [-0.4, -0.2) is 35.1 Å². The normalized spacial score (nSPS) is 23.6. The van der Waals surface area contributed by atoms with Gasteiger partial charge in [0, 0.05) is 5.92 Å². The summed E-state index contributed by atoms with van der Waals surface area (Å²) in [5, 5.41) is 9.54. The first-order valence-electron chi connectivity index (χ1n) is 9.76. The van der Waals surface area contributed by atoms with Crippen molar-refractivity contribution < 1.29 is 41.0 Å². The summed E-state index contributed by atoms with van der Waals surface area (Å²) in [5.41, 5.74) is -5.33. The molecule has 0 aromatic rings. The van der Waals surface area contributed by atoms with E-state index < -0.39 is 60.1 Å². The van der Waals surface area contributed by atoms with E-state index in [2.05, 4.69) is 0 Å². The predicted molar refractivity (Wildman–Crippen MR) is 95.9 cm³/mol. The van der Waals surface area contributed by atoms with E-state index >= 15 is 0 Å². The van der Waals surface area contributed by atoms with E-state index in [1.165, 1.54) is 0 Å². The molecule has 0 spiro atoms. The molecule has 0 aliphatic heterocycles. The zero-order valence-corrected chi connectivity index (χ0v) is 17.8. The molecule has 1 rings (SSSR count). The number of hydrogen-bond donors (Lipinski definition) is 1. The van der Waals surface area contributed by atoms with Crippen molar-refractivity contribution in [1.82, 2.24) is 0 Å². The van der Waals surface area contributed by atoms with E-state index in [1.54, 1.807) is 0 Å². The van der Waals surface area contributed by atoms with Gasteiger partial charge in [0.1, 0.15) is 6.10 Å². The lowest BCUT2D eigenvalue weighted by Gasteiger charge is -2.42. The highest BCUT2D eigenvalue weighted by Crippen LogP contribution is 2.51. The van der Waals surface area contributed by atoms with E-state index in [1.807, 2.05) is 41.5 Å². The standard InChI is InChI=1S/C20H32F6O3/c1-16(2,3)11-14(17(4,5)6)15(27)29-13-9-7-12(8-10-13)18(28,19(21,22)23)20(24,25)26/h12-14,28H,7-11H2,1-6H3. The number of aliphatic hydroxyl groups is 1. The number of carbonyl (C=O) groups excluding carboxylic acids is 1. The fourth-order valence-electron chi connectivity index (χ4n) is 3.82. The fraction of sp³-hybridized carbons (Fsp3) is 0.950. The molecule has 0 bridgehead atoms. The molecule has 1 unspecified atom stereocenters. The Balaban J connectivity index is 2.86.